The van der Waals surface area contributed by atoms with Crippen LogP contribution in [0.15, 0.2) is 65.8 Å². The molecule has 3 nitrogen and oxygen atoms in total. The Labute approximate surface area is 110 Å². The highest BCUT2D eigenvalue weighted by molar-refractivity contribution is 5.93. The van der Waals surface area contributed by atoms with Crippen LogP contribution in [0.2, 0.25) is 0 Å². The molecule has 1 heterocycles. The first-order chi connectivity index (χ1) is 9.34. The summed E-state index contributed by atoms with van der Waals surface area (Å²) in [6.45, 7) is 0. The highest BCUT2D eigenvalue weighted by Crippen LogP contribution is 2.23. The molecule has 0 radical (unpaired) electrons. The summed E-state index contributed by atoms with van der Waals surface area (Å²) in [5.41, 5.74) is 2.18. The summed E-state index contributed by atoms with van der Waals surface area (Å²) in [5, 5.41) is 12.6. The number of hydrogen-bond donors (Lipinski definition) is 0. The number of nitrogens with zero attached hydrogens (tertiary/aromatic N) is 2. The molecule has 1 aromatic heterocycles. The van der Waals surface area contributed by atoms with E-state index >= 15 is 0 Å². The maximum absolute atomic E-state index is 11.6. The molecule has 0 spiro atoms. The zero-order valence-electron chi connectivity index (χ0n) is 10.2. The number of fused-ring (bicyclic) bond motifs is 1. The topological polar surface area (TPSA) is 48.3 Å². The van der Waals surface area contributed by atoms with E-state index in [4.69, 9.17) is 0 Å². The summed E-state index contributed by atoms with van der Waals surface area (Å²) in [6, 6.07) is 16.5. The summed E-state index contributed by atoms with van der Waals surface area (Å²) in [4.78, 5) is 8.70. The van der Waals surface area contributed by atoms with Crippen LogP contribution in [0, 0.1) is 0 Å². The van der Waals surface area contributed by atoms with Crippen LogP contribution in [-0.4, -0.2) is 11.2 Å². The van der Waals surface area contributed by atoms with Crippen molar-refractivity contribution in [3.63, 3.8) is 0 Å². The Morgan fingerprint density at radius 1 is 0.947 bits per heavy atom. The fourth-order valence-corrected chi connectivity index (χ4v) is 1.92. The van der Waals surface area contributed by atoms with Gasteiger partial charge in [0.25, 0.3) is 0 Å². The molecule has 0 atom stereocenters. The molecule has 0 aliphatic carbocycles. The number of pyridine rings is 1. The van der Waals surface area contributed by atoms with Crippen molar-refractivity contribution in [2.75, 3.05) is 0 Å². The van der Waals surface area contributed by atoms with Crippen LogP contribution in [0.5, 0.6) is 5.75 Å². The van der Waals surface area contributed by atoms with Crippen molar-refractivity contribution in [2.45, 2.75) is 0 Å². The number of aromatic nitrogens is 1. The van der Waals surface area contributed by atoms with Gasteiger partial charge in [0, 0.05) is 17.8 Å². The number of benzene rings is 2. The molecule has 3 rings (SSSR count). The quantitative estimate of drug-likeness (QED) is 0.653. The zero-order valence-corrected chi connectivity index (χ0v) is 10.2. The minimum Gasteiger partial charge on any atom is -0.872 e. The summed E-state index contributed by atoms with van der Waals surface area (Å²) in [5.74, 6) is -0.0283. The third kappa shape index (κ3) is 2.31. The first kappa shape index (κ1) is 11.4. The summed E-state index contributed by atoms with van der Waals surface area (Å²) in [7, 11) is 0. The lowest BCUT2D eigenvalue weighted by Crippen LogP contribution is -1.94. The molecule has 0 unspecified atom stereocenters. The van der Waals surface area contributed by atoms with Crippen LogP contribution in [0.1, 0.15) is 5.56 Å². The molecule has 0 amide bonds. The summed E-state index contributed by atoms with van der Waals surface area (Å²) >= 11 is 0. The van der Waals surface area contributed by atoms with E-state index < -0.39 is 0 Å². The highest BCUT2D eigenvalue weighted by atomic mass is 16.3. The molecule has 0 fully saturated rings. The van der Waals surface area contributed by atoms with Crippen molar-refractivity contribution in [1.29, 1.82) is 0 Å². The van der Waals surface area contributed by atoms with Gasteiger partial charge in [-0.25, -0.2) is 0 Å². The molecule has 2 aromatic carbocycles. The number of para-hydroxylation sites is 2. The molecular formula is C16H11N2O-. The Bertz CT molecular complexity index is 745. The largest absolute Gasteiger partial charge is 0.872 e. The first-order valence-electron chi connectivity index (χ1n) is 5.98. The van der Waals surface area contributed by atoms with Crippen molar-refractivity contribution in [3.8, 4) is 5.75 Å². The smallest absolute Gasteiger partial charge is 0.0958 e. The average molecular weight is 247 g/mol. The van der Waals surface area contributed by atoms with Crippen LogP contribution in [0.25, 0.3) is 10.9 Å². The van der Waals surface area contributed by atoms with Crippen molar-refractivity contribution >= 4 is 22.8 Å². The van der Waals surface area contributed by atoms with E-state index in [-0.39, 0.29) is 5.75 Å². The SMILES string of the molecule is [O-]c1ccccc1C=Nc1cccc2cccnc12. The Kier molecular flexibility index (Phi) is 2.94. The van der Waals surface area contributed by atoms with Gasteiger partial charge in [0.1, 0.15) is 0 Å². The second-order valence-corrected chi connectivity index (χ2v) is 4.15. The van der Waals surface area contributed by atoms with Gasteiger partial charge in [-0.3, -0.25) is 9.98 Å². The minimum atomic E-state index is -0.0283. The third-order valence-corrected chi connectivity index (χ3v) is 2.87. The molecule has 0 aliphatic heterocycles. The first-order valence-corrected chi connectivity index (χ1v) is 5.98. The zero-order chi connectivity index (χ0) is 13.1. The van der Waals surface area contributed by atoms with E-state index in [2.05, 4.69) is 9.98 Å². The van der Waals surface area contributed by atoms with E-state index in [1.54, 1.807) is 24.5 Å². The molecule has 0 aliphatic rings. The van der Waals surface area contributed by atoms with Gasteiger partial charge in [-0.1, -0.05) is 42.5 Å². The second-order valence-electron chi connectivity index (χ2n) is 4.15. The Hall–Kier alpha value is -2.68. The average Bonchev–Trinajstić information content (AvgIpc) is 2.46. The normalized spacial score (nSPS) is 11.2. The van der Waals surface area contributed by atoms with Crippen molar-refractivity contribution < 1.29 is 5.11 Å². The lowest BCUT2D eigenvalue weighted by atomic mass is 10.2. The number of rotatable bonds is 2. The van der Waals surface area contributed by atoms with Gasteiger partial charge in [-0.05, 0) is 17.7 Å². The maximum atomic E-state index is 11.6. The second kappa shape index (κ2) is 4.90. The van der Waals surface area contributed by atoms with Gasteiger partial charge < -0.3 is 5.11 Å². The molecule has 92 valence electrons. The van der Waals surface area contributed by atoms with Gasteiger partial charge in [0.05, 0.1) is 11.2 Å². The lowest BCUT2D eigenvalue weighted by Gasteiger charge is -2.08. The molecule has 0 bridgehead atoms. The molecule has 3 heteroatoms. The number of hydrogen-bond acceptors (Lipinski definition) is 3. The fourth-order valence-electron chi connectivity index (χ4n) is 1.92. The van der Waals surface area contributed by atoms with Gasteiger partial charge in [0.2, 0.25) is 0 Å². The highest BCUT2D eigenvalue weighted by Gasteiger charge is 1.98. The standard InChI is InChI=1S/C16H12N2O/c19-15-9-2-1-5-13(15)11-18-14-8-3-6-12-7-4-10-17-16(12)14/h1-11,19H/p-1. The maximum Gasteiger partial charge on any atom is 0.0958 e. The Morgan fingerprint density at radius 2 is 1.79 bits per heavy atom. The predicted octanol–water partition coefficient (Wildman–Crippen LogP) is 3.06. The van der Waals surface area contributed by atoms with Crippen LogP contribution < -0.4 is 5.11 Å². The summed E-state index contributed by atoms with van der Waals surface area (Å²) in [6.07, 6.45) is 3.33. The van der Waals surface area contributed by atoms with E-state index in [0.29, 0.717) is 5.56 Å². The van der Waals surface area contributed by atoms with E-state index in [0.717, 1.165) is 16.6 Å². The molecule has 0 N–H and O–H groups in total. The molecule has 0 saturated carbocycles. The van der Waals surface area contributed by atoms with Crippen LogP contribution >= 0.6 is 0 Å². The molecule has 3 aromatic rings. The van der Waals surface area contributed by atoms with Crippen LogP contribution in [0.3, 0.4) is 0 Å². The van der Waals surface area contributed by atoms with E-state index in [1.165, 1.54) is 6.07 Å². The minimum absolute atomic E-state index is 0.0283. The monoisotopic (exact) mass is 247 g/mol. The van der Waals surface area contributed by atoms with Gasteiger partial charge in [-0.2, -0.15) is 0 Å². The van der Waals surface area contributed by atoms with E-state index in [9.17, 15) is 5.11 Å². The number of aliphatic imine (C=N–C) groups is 1. The van der Waals surface area contributed by atoms with Gasteiger partial charge >= 0.3 is 0 Å². The molecular weight excluding hydrogens is 236 g/mol. The van der Waals surface area contributed by atoms with Crippen molar-refractivity contribution in [2.24, 2.45) is 4.99 Å². The van der Waals surface area contributed by atoms with Crippen molar-refractivity contribution in [1.82, 2.24) is 4.98 Å². The molecule has 19 heavy (non-hydrogen) atoms. The Morgan fingerprint density at radius 3 is 2.68 bits per heavy atom. The van der Waals surface area contributed by atoms with Crippen LogP contribution in [0.4, 0.5) is 5.69 Å². The van der Waals surface area contributed by atoms with Gasteiger partial charge in [-0.15, -0.1) is 5.75 Å². The van der Waals surface area contributed by atoms with Gasteiger partial charge in [0.15, 0.2) is 0 Å². The van der Waals surface area contributed by atoms with Crippen LogP contribution in [-0.2, 0) is 0 Å². The fraction of sp³-hybridized carbons (Fsp3) is 0. The lowest BCUT2D eigenvalue weighted by molar-refractivity contribution is -0.268. The van der Waals surface area contributed by atoms with Crippen molar-refractivity contribution in [3.05, 3.63) is 66.4 Å². The van der Waals surface area contributed by atoms with E-state index in [1.807, 2.05) is 36.4 Å². The Balaban J connectivity index is 2.04. The predicted molar refractivity (Wildman–Crippen MR) is 74.9 cm³/mol. The molecule has 0 saturated heterocycles. The summed E-state index contributed by atoms with van der Waals surface area (Å²) < 4.78 is 0. The third-order valence-electron chi connectivity index (χ3n) is 2.87.